The lowest BCUT2D eigenvalue weighted by molar-refractivity contribution is 0.907. The lowest BCUT2D eigenvalue weighted by Gasteiger charge is -2.14. The SMILES string of the molecule is Cc1ccc(C(C)Nc2ccccc2I)s1. The number of halogens is 1. The van der Waals surface area contributed by atoms with E-state index in [1.54, 1.807) is 0 Å². The standard InChI is InChI=1S/C13H14INS/c1-9-7-8-13(16-9)10(2)15-12-6-4-3-5-11(12)14/h3-8,10,15H,1-2H3. The van der Waals surface area contributed by atoms with Gasteiger partial charge in [-0.1, -0.05) is 12.1 Å². The van der Waals surface area contributed by atoms with Gasteiger partial charge in [0, 0.05) is 19.0 Å². The predicted octanol–water partition coefficient (Wildman–Crippen LogP) is 4.83. The largest absolute Gasteiger partial charge is 0.377 e. The Hall–Kier alpha value is -0.550. The highest BCUT2D eigenvalue weighted by Gasteiger charge is 2.08. The summed E-state index contributed by atoms with van der Waals surface area (Å²) in [5.41, 5.74) is 1.21. The molecule has 0 fully saturated rings. The third kappa shape index (κ3) is 2.77. The molecular weight excluding hydrogens is 329 g/mol. The molecule has 0 spiro atoms. The molecule has 0 saturated heterocycles. The number of benzene rings is 1. The van der Waals surface area contributed by atoms with E-state index in [9.17, 15) is 0 Å². The molecule has 1 aromatic heterocycles. The number of nitrogens with one attached hydrogen (secondary N) is 1. The number of thiophene rings is 1. The normalized spacial score (nSPS) is 12.4. The molecule has 1 unspecified atom stereocenters. The molecule has 3 heteroatoms. The van der Waals surface area contributed by atoms with E-state index in [2.05, 4.69) is 78.2 Å². The van der Waals surface area contributed by atoms with Gasteiger partial charge in [-0.3, -0.25) is 0 Å². The highest BCUT2D eigenvalue weighted by atomic mass is 127. The molecule has 0 amide bonds. The summed E-state index contributed by atoms with van der Waals surface area (Å²) in [7, 11) is 0. The van der Waals surface area contributed by atoms with E-state index < -0.39 is 0 Å². The summed E-state index contributed by atoms with van der Waals surface area (Å²) in [6.07, 6.45) is 0. The summed E-state index contributed by atoms with van der Waals surface area (Å²) in [5, 5.41) is 3.54. The number of hydrogen-bond donors (Lipinski definition) is 1. The summed E-state index contributed by atoms with van der Waals surface area (Å²) in [5.74, 6) is 0. The number of hydrogen-bond acceptors (Lipinski definition) is 2. The molecule has 0 aliphatic carbocycles. The smallest absolute Gasteiger partial charge is 0.0578 e. The molecule has 2 aromatic rings. The van der Waals surface area contributed by atoms with E-state index in [0.29, 0.717) is 6.04 Å². The van der Waals surface area contributed by atoms with Gasteiger partial charge < -0.3 is 5.32 Å². The lowest BCUT2D eigenvalue weighted by atomic mass is 10.2. The van der Waals surface area contributed by atoms with Gasteiger partial charge in [0.05, 0.1) is 6.04 Å². The first-order chi connectivity index (χ1) is 7.66. The van der Waals surface area contributed by atoms with Crippen molar-refractivity contribution in [3.05, 3.63) is 49.7 Å². The zero-order valence-corrected chi connectivity index (χ0v) is 12.3. The Balaban J connectivity index is 2.13. The van der Waals surface area contributed by atoms with Crippen LogP contribution in [0.1, 0.15) is 22.7 Å². The quantitative estimate of drug-likeness (QED) is 0.787. The van der Waals surface area contributed by atoms with Gasteiger partial charge in [-0.15, -0.1) is 11.3 Å². The van der Waals surface area contributed by atoms with E-state index >= 15 is 0 Å². The average molecular weight is 343 g/mol. The number of anilines is 1. The fourth-order valence-electron chi connectivity index (χ4n) is 1.57. The zero-order valence-electron chi connectivity index (χ0n) is 9.33. The summed E-state index contributed by atoms with van der Waals surface area (Å²) in [6.45, 7) is 4.35. The van der Waals surface area contributed by atoms with Crippen molar-refractivity contribution >= 4 is 39.6 Å². The first-order valence-electron chi connectivity index (χ1n) is 5.24. The Morgan fingerprint density at radius 2 is 1.94 bits per heavy atom. The first kappa shape index (κ1) is 11.9. The topological polar surface area (TPSA) is 12.0 Å². The molecule has 84 valence electrons. The molecular formula is C13H14INS. The highest BCUT2D eigenvalue weighted by molar-refractivity contribution is 14.1. The van der Waals surface area contributed by atoms with Gasteiger partial charge in [0.25, 0.3) is 0 Å². The number of para-hydroxylation sites is 1. The van der Waals surface area contributed by atoms with Gasteiger partial charge >= 0.3 is 0 Å². The van der Waals surface area contributed by atoms with Gasteiger partial charge in [0.2, 0.25) is 0 Å². The van der Waals surface area contributed by atoms with Crippen LogP contribution in [0.4, 0.5) is 5.69 Å². The summed E-state index contributed by atoms with van der Waals surface area (Å²) >= 11 is 4.22. The van der Waals surface area contributed by atoms with Gasteiger partial charge in [-0.2, -0.15) is 0 Å². The maximum atomic E-state index is 3.54. The van der Waals surface area contributed by atoms with Gasteiger partial charge in [0.15, 0.2) is 0 Å². The van der Waals surface area contributed by atoms with Crippen molar-refractivity contribution in [1.82, 2.24) is 0 Å². The van der Waals surface area contributed by atoms with Crippen LogP contribution in [0, 0.1) is 10.5 Å². The Morgan fingerprint density at radius 3 is 2.56 bits per heavy atom. The van der Waals surface area contributed by atoms with Crippen LogP contribution in [0.2, 0.25) is 0 Å². The minimum absolute atomic E-state index is 0.370. The Bertz CT molecular complexity index is 478. The zero-order chi connectivity index (χ0) is 11.5. The van der Waals surface area contributed by atoms with E-state index in [4.69, 9.17) is 0 Å². The first-order valence-corrected chi connectivity index (χ1v) is 7.14. The van der Waals surface area contributed by atoms with Crippen LogP contribution in [0.15, 0.2) is 36.4 Å². The molecule has 1 nitrogen and oxygen atoms in total. The van der Waals surface area contributed by atoms with Crippen molar-refractivity contribution in [2.45, 2.75) is 19.9 Å². The lowest BCUT2D eigenvalue weighted by Crippen LogP contribution is -2.05. The van der Waals surface area contributed by atoms with Crippen molar-refractivity contribution in [3.8, 4) is 0 Å². The molecule has 0 radical (unpaired) electrons. The molecule has 1 N–H and O–H groups in total. The van der Waals surface area contributed by atoms with E-state index in [-0.39, 0.29) is 0 Å². The minimum Gasteiger partial charge on any atom is -0.377 e. The Labute approximate surface area is 114 Å². The average Bonchev–Trinajstić information content (AvgIpc) is 2.68. The van der Waals surface area contributed by atoms with Crippen molar-refractivity contribution in [1.29, 1.82) is 0 Å². The highest BCUT2D eigenvalue weighted by Crippen LogP contribution is 2.27. The molecule has 0 bridgehead atoms. The Morgan fingerprint density at radius 1 is 1.19 bits per heavy atom. The van der Waals surface area contributed by atoms with Crippen LogP contribution in [-0.2, 0) is 0 Å². The van der Waals surface area contributed by atoms with Crippen LogP contribution >= 0.6 is 33.9 Å². The van der Waals surface area contributed by atoms with Crippen molar-refractivity contribution in [2.24, 2.45) is 0 Å². The molecule has 0 aliphatic heterocycles. The van der Waals surface area contributed by atoms with Crippen molar-refractivity contribution in [3.63, 3.8) is 0 Å². The third-order valence-corrected chi connectivity index (χ3v) is 4.56. The third-order valence-electron chi connectivity index (χ3n) is 2.43. The maximum absolute atomic E-state index is 3.54. The van der Waals surface area contributed by atoms with Gasteiger partial charge in [-0.05, 0) is 60.7 Å². The monoisotopic (exact) mass is 343 g/mol. The van der Waals surface area contributed by atoms with Gasteiger partial charge in [0.1, 0.15) is 0 Å². The fourth-order valence-corrected chi connectivity index (χ4v) is 2.99. The minimum atomic E-state index is 0.370. The van der Waals surface area contributed by atoms with Crippen LogP contribution in [0.3, 0.4) is 0 Å². The fraction of sp³-hybridized carbons (Fsp3) is 0.231. The molecule has 1 heterocycles. The van der Waals surface area contributed by atoms with E-state index in [1.807, 2.05) is 11.3 Å². The molecule has 1 atom stereocenters. The van der Waals surface area contributed by atoms with Crippen molar-refractivity contribution < 1.29 is 0 Å². The number of aryl methyl sites for hydroxylation is 1. The molecule has 1 aromatic carbocycles. The van der Waals surface area contributed by atoms with Crippen molar-refractivity contribution in [2.75, 3.05) is 5.32 Å². The second-order valence-electron chi connectivity index (χ2n) is 3.79. The molecule has 0 aliphatic rings. The van der Waals surface area contributed by atoms with Crippen LogP contribution in [0.5, 0.6) is 0 Å². The molecule has 0 saturated carbocycles. The second-order valence-corrected chi connectivity index (χ2v) is 6.28. The van der Waals surface area contributed by atoms with Crippen LogP contribution < -0.4 is 5.32 Å². The van der Waals surface area contributed by atoms with E-state index in [0.717, 1.165) is 0 Å². The number of rotatable bonds is 3. The van der Waals surface area contributed by atoms with Crippen LogP contribution in [-0.4, -0.2) is 0 Å². The Kier molecular flexibility index (Phi) is 3.86. The summed E-state index contributed by atoms with van der Waals surface area (Å²) < 4.78 is 1.26. The second kappa shape index (κ2) is 5.19. The molecule has 2 rings (SSSR count). The van der Waals surface area contributed by atoms with Gasteiger partial charge in [-0.25, -0.2) is 0 Å². The maximum Gasteiger partial charge on any atom is 0.0578 e. The van der Waals surface area contributed by atoms with Crippen LogP contribution in [0.25, 0.3) is 0 Å². The summed E-state index contributed by atoms with van der Waals surface area (Å²) in [6, 6.07) is 13.1. The predicted molar refractivity (Wildman–Crippen MR) is 80.3 cm³/mol. The van der Waals surface area contributed by atoms with E-state index in [1.165, 1.54) is 19.0 Å². The summed E-state index contributed by atoms with van der Waals surface area (Å²) in [4.78, 5) is 2.75. The molecule has 16 heavy (non-hydrogen) atoms.